The molecule has 4 rings (SSSR count). The van der Waals surface area contributed by atoms with E-state index in [2.05, 4.69) is 87.5 Å². The van der Waals surface area contributed by atoms with Crippen LogP contribution in [0.2, 0.25) is 0 Å². The average molecular weight is 513 g/mol. The van der Waals surface area contributed by atoms with Crippen molar-refractivity contribution in [2.45, 2.75) is 13.8 Å². The van der Waals surface area contributed by atoms with Crippen molar-refractivity contribution < 1.29 is 19.5 Å². The standard InChI is InChI=1S/C20H18N4S.C4H9NS.Zn/c1-3-22-20(25)24-23-18-15-10-6-8-13-11-12-7-4-5-9-14(12)17(16(13)15)19(18)21-2;1-3-5-4(2)6;/h4-11H,3H2,1-2H3,(H2,22,24,25);5-6H,2-3H2,1H3;/q;;+2/p-2/b21-19?,23-18+;;. The molecule has 0 spiro atoms. The van der Waals surface area contributed by atoms with Gasteiger partial charge >= 0.3 is 19.5 Å². The van der Waals surface area contributed by atoms with Crippen LogP contribution in [0.4, 0.5) is 0 Å². The van der Waals surface area contributed by atoms with Crippen LogP contribution in [-0.2, 0) is 44.7 Å². The Morgan fingerprint density at radius 1 is 0.938 bits per heavy atom. The SMILES string of the molecule is C=C([S-])NCC.CCN/C([S-])=N/N=C1/C(=NC)c2c3ccccc3cc3cccc1c23.[Zn+2]. The van der Waals surface area contributed by atoms with Gasteiger partial charge in [0.25, 0.3) is 0 Å². The van der Waals surface area contributed by atoms with Crippen LogP contribution in [-0.4, -0.2) is 36.7 Å². The van der Waals surface area contributed by atoms with Crippen LogP contribution in [0.15, 0.2) is 75.3 Å². The summed E-state index contributed by atoms with van der Waals surface area (Å²) in [6, 6.07) is 16.8. The summed E-state index contributed by atoms with van der Waals surface area (Å²) in [6.45, 7) is 9.01. The molecular formula is C24H25N5S2Zn. The summed E-state index contributed by atoms with van der Waals surface area (Å²) in [5, 5.41) is 20.2. The summed E-state index contributed by atoms with van der Waals surface area (Å²) in [5.41, 5.74) is 3.84. The minimum Gasteiger partial charge on any atom is -0.763 e. The summed E-state index contributed by atoms with van der Waals surface area (Å²) in [5.74, 6) is 0. The Labute approximate surface area is 213 Å². The number of hydrogen-bond acceptors (Lipinski definition) is 6. The van der Waals surface area contributed by atoms with Crippen molar-refractivity contribution in [2.75, 3.05) is 20.1 Å². The molecule has 0 saturated heterocycles. The summed E-state index contributed by atoms with van der Waals surface area (Å²) < 4.78 is 0. The van der Waals surface area contributed by atoms with Crippen LogP contribution >= 0.6 is 0 Å². The molecule has 32 heavy (non-hydrogen) atoms. The van der Waals surface area contributed by atoms with Crippen molar-refractivity contribution in [3.63, 3.8) is 0 Å². The van der Waals surface area contributed by atoms with Crippen LogP contribution in [0.5, 0.6) is 0 Å². The predicted octanol–water partition coefficient (Wildman–Crippen LogP) is 4.25. The minimum absolute atomic E-state index is 0. The van der Waals surface area contributed by atoms with Gasteiger partial charge in [0.2, 0.25) is 0 Å². The number of fused-ring (bicyclic) bond motifs is 2. The zero-order chi connectivity index (χ0) is 22.4. The molecule has 1 aliphatic rings. The molecule has 3 aromatic carbocycles. The Morgan fingerprint density at radius 2 is 1.62 bits per heavy atom. The largest absolute Gasteiger partial charge is 2.00 e. The van der Waals surface area contributed by atoms with Crippen LogP contribution in [0.1, 0.15) is 25.0 Å². The van der Waals surface area contributed by atoms with E-state index in [1.165, 1.54) is 21.5 Å². The van der Waals surface area contributed by atoms with Gasteiger partial charge in [0.15, 0.2) is 0 Å². The van der Waals surface area contributed by atoms with E-state index in [0.29, 0.717) is 10.2 Å². The Bertz CT molecular complexity index is 1220. The third-order valence-electron chi connectivity index (χ3n) is 4.77. The molecule has 0 aromatic heterocycles. The van der Waals surface area contributed by atoms with Gasteiger partial charge in [-0.2, -0.15) is 5.10 Å². The molecule has 5 nitrogen and oxygen atoms in total. The second-order valence-corrected chi connectivity index (χ2v) is 7.67. The molecule has 0 radical (unpaired) electrons. The summed E-state index contributed by atoms with van der Waals surface area (Å²) in [4.78, 5) is 4.55. The maximum absolute atomic E-state index is 5.18. The van der Waals surface area contributed by atoms with E-state index < -0.39 is 0 Å². The maximum atomic E-state index is 5.18. The van der Waals surface area contributed by atoms with Crippen LogP contribution in [0, 0.1) is 0 Å². The quantitative estimate of drug-likeness (QED) is 0.137. The van der Waals surface area contributed by atoms with Gasteiger partial charge in [0.05, 0.1) is 5.71 Å². The second kappa shape index (κ2) is 12.0. The number of benzene rings is 3. The van der Waals surface area contributed by atoms with Gasteiger partial charge in [-0.15, -0.1) is 16.7 Å². The molecule has 0 amide bonds. The normalized spacial score (nSPS) is 14.8. The molecule has 0 saturated carbocycles. The van der Waals surface area contributed by atoms with E-state index in [1.807, 2.05) is 19.9 Å². The fourth-order valence-corrected chi connectivity index (χ4v) is 3.94. The van der Waals surface area contributed by atoms with E-state index in [4.69, 9.17) is 12.6 Å². The monoisotopic (exact) mass is 511 g/mol. The molecule has 2 N–H and O–H groups in total. The maximum Gasteiger partial charge on any atom is 2.00 e. The van der Waals surface area contributed by atoms with Crippen molar-refractivity contribution in [1.29, 1.82) is 0 Å². The number of nitrogens with one attached hydrogen (secondary N) is 2. The van der Waals surface area contributed by atoms with Crippen molar-refractivity contribution in [1.82, 2.24) is 10.6 Å². The van der Waals surface area contributed by atoms with Crippen LogP contribution < -0.4 is 10.6 Å². The Morgan fingerprint density at radius 3 is 2.25 bits per heavy atom. The van der Waals surface area contributed by atoms with Crippen molar-refractivity contribution >= 4 is 63.4 Å². The smallest absolute Gasteiger partial charge is 0.763 e. The van der Waals surface area contributed by atoms with E-state index in [9.17, 15) is 0 Å². The summed E-state index contributed by atoms with van der Waals surface area (Å²) in [7, 11) is 1.80. The van der Waals surface area contributed by atoms with Crippen LogP contribution in [0.3, 0.4) is 0 Å². The number of rotatable bonds is 4. The van der Waals surface area contributed by atoms with Crippen molar-refractivity contribution in [3.05, 3.63) is 71.3 Å². The summed E-state index contributed by atoms with van der Waals surface area (Å²) >= 11 is 9.76. The third-order valence-corrected chi connectivity index (χ3v) is 5.14. The first-order valence-electron chi connectivity index (χ1n) is 10.1. The van der Waals surface area contributed by atoms with Gasteiger partial charge in [-0.05, 0) is 41.2 Å². The molecule has 0 heterocycles. The second-order valence-electron chi connectivity index (χ2n) is 6.79. The van der Waals surface area contributed by atoms with E-state index in [-0.39, 0.29) is 19.5 Å². The van der Waals surface area contributed by atoms with E-state index in [1.54, 1.807) is 7.05 Å². The van der Waals surface area contributed by atoms with Gasteiger partial charge in [-0.1, -0.05) is 42.5 Å². The molecule has 0 bridgehead atoms. The fraction of sp³-hybridized carbons (Fsp3) is 0.208. The molecule has 3 aromatic rings. The summed E-state index contributed by atoms with van der Waals surface area (Å²) in [6.07, 6.45) is 0. The van der Waals surface area contributed by atoms with Gasteiger partial charge in [-0.3, -0.25) is 4.99 Å². The zero-order valence-electron chi connectivity index (χ0n) is 18.6. The molecule has 1 aliphatic carbocycles. The van der Waals surface area contributed by atoms with Gasteiger partial charge in [0.1, 0.15) is 5.71 Å². The molecule has 8 heteroatoms. The molecule has 160 valence electrons. The minimum atomic E-state index is 0. The Hall–Kier alpha value is -2.41. The van der Waals surface area contributed by atoms with Gasteiger partial charge in [-0.25, -0.2) is 0 Å². The third kappa shape index (κ3) is 5.49. The molecule has 0 fully saturated rings. The molecule has 0 aliphatic heterocycles. The van der Waals surface area contributed by atoms with E-state index >= 15 is 0 Å². The Balaban J connectivity index is 0.000000461. The topological polar surface area (TPSA) is 61.1 Å². The predicted molar refractivity (Wildman–Crippen MR) is 139 cm³/mol. The average Bonchev–Trinajstić information content (AvgIpc) is 3.08. The molecule has 0 atom stereocenters. The van der Waals surface area contributed by atoms with Crippen LogP contribution in [0.25, 0.3) is 21.5 Å². The first-order chi connectivity index (χ1) is 15.0. The first-order valence-corrected chi connectivity index (χ1v) is 10.9. The van der Waals surface area contributed by atoms with E-state index in [0.717, 1.165) is 35.6 Å². The number of nitrogens with zero attached hydrogens (tertiary/aromatic N) is 3. The number of amidine groups is 1. The number of hydrogen-bond donors (Lipinski definition) is 2. The Kier molecular flexibility index (Phi) is 9.69. The van der Waals surface area contributed by atoms with Gasteiger partial charge in [0, 0.05) is 36.7 Å². The van der Waals surface area contributed by atoms with Crippen molar-refractivity contribution in [2.24, 2.45) is 15.2 Å². The van der Waals surface area contributed by atoms with Gasteiger partial charge < -0.3 is 35.9 Å². The fourth-order valence-electron chi connectivity index (χ4n) is 3.61. The first kappa shape index (κ1) is 25.9. The zero-order valence-corrected chi connectivity index (χ0v) is 23.2. The number of aliphatic imine (C=N–C) groups is 1. The molecule has 0 unspecified atom stereocenters. The molecular weight excluding hydrogens is 488 g/mol. The van der Waals surface area contributed by atoms with Crippen molar-refractivity contribution in [3.8, 4) is 0 Å².